The molecule has 21 heavy (non-hydrogen) atoms. The van der Waals surface area contributed by atoms with Crippen LogP contribution in [0.1, 0.15) is 42.4 Å². The summed E-state index contributed by atoms with van der Waals surface area (Å²) in [5.74, 6) is 0.415. The zero-order valence-electron chi connectivity index (χ0n) is 13.0. The minimum Gasteiger partial charge on any atom is -0.352 e. The highest BCUT2D eigenvalue weighted by Gasteiger charge is 2.16. The fourth-order valence-corrected chi connectivity index (χ4v) is 2.26. The molecule has 0 aliphatic carbocycles. The third kappa shape index (κ3) is 3.94. The lowest BCUT2D eigenvalue weighted by Gasteiger charge is -2.10. The summed E-state index contributed by atoms with van der Waals surface area (Å²) in [6.07, 6.45) is 2.47. The van der Waals surface area contributed by atoms with Crippen molar-refractivity contribution in [3.8, 4) is 0 Å². The number of nitrogens with zero attached hydrogens (tertiary/aromatic N) is 2. The van der Waals surface area contributed by atoms with E-state index in [1.807, 2.05) is 22.9 Å². The Bertz CT molecular complexity index is 587. The van der Waals surface area contributed by atoms with Gasteiger partial charge in [0.2, 0.25) is 0 Å². The Morgan fingerprint density at radius 2 is 2.00 bits per heavy atom. The second-order valence-corrected chi connectivity index (χ2v) is 5.61. The van der Waals surface area contributed by atoms with Crippen LogP contribution >= 0.6 is 0 Å². The fourth-order valence-electron chi connectivity index (χ4n) is 2.26. The third-order valence-electron chi connectivity index (χ3n) is 3.37. The van der Waals surface area contributed by atoms with E-state index in [0.717, 1.165) is 12.1 Å². The van der Waals surface area contributed by atoms with Crippen molar-refractivity contribution in [2.75, 3.05) is 6.54 Å². The second-order valence-electron chi connectivity index (χ2n) is 5.61. The number of carbonyl (C=O) groups is 1. The van der Waals surface area contributed by atoms with E-state index < -0.39 is 0 Å². The van der Waals surface area contributed by atoms with Crippen LogP contribution in [0.5, 0.6) is 0 Å². The number of nitrogens with one attached hydrogen (secondary N) is 1. The maximum absolute atomic E-state index is 12.2. The van der Waals surface area contributed by atoms with Gasteiger partial charge in [0.15, 0.2) is 0 Å². The van der Waals surface area contributed by atoms with Gasteiger partial charge in [-0.2, -0.15) is 5.10 Å². The maximum atomic E-state index is 12.2. The molecule has 0 radical (unpaired) electrons. The van der Waals surface area contributed by atoms with Crippen molar-refractivity contribution in [1.82, 2.24) is 15.1 Å². The predicted octanol–water partition coefficient (Wildman–Crippen LogP) is 2.88. The van der Waals surface area contributed by atoms with Crippen LogP contribution in [-0.2, 0) is 13.0 Å². The first kappa shape index (κ1) is 15.3. The summed E-state index contributed by atoms with van der Waals surface area (Å²) >= 11 is 0. The minimum absolute atomic E-state index is 0.0279. The minimum atomic E-state index is -0.0279. The third-order valence-corrected chi connectivity index (χ3v) is 3.37. The lowest BCUT2D eigenvalue weighted by Crippen LogP contribution is -2.28. The van der Waals surface area contributed by atoms with E-state index in [-0.39, 0.29) is 5.91 Å². The molecule has 2 aromatic rings. The Morgan fingerprint density at radius 3 is 2.62 bits per heavy atom. The Balaban J connectivity index is 2.16. The molecule has 0 spiro atoms. The number of amides is 1. The highest BCUT2D eigenvalue weighted by molar-refractivity contribution is 5.95. The largest absolute Gasteiger partial charge is 0.352 e. The van der Waals surface area contributed by atoms with Crippen LogP contribution in [0.2, 0.25) is 0 Å². The molecule has 1 amide bonds. The summed E-state index contributed by atoms with van der Waals surface area (Å²) in [6.45, 7) is 7.60. The van der Waals surface area contributed by atoms with Gasteiger partial charge in [0.05, 0.1) is 24.0 Å². The normalized spacial score (nSPS) is 10.9. The molecule has 1 heterocycles. The monoisotopic (exact) mass is 285 g/mol. The SMILES string of the molecule is CCc1c(C(=O)NCC(C)C)cnn1Cc1ccccc1. The molecule has 0 bridgehead atoms. The van der Waals surface area contributed by atoms with Gasteiger partial charge in [-0.15, -0.1) is 0 Å². The Hall–Kier alpha value is -2.10. The maximum Gasteiger partial charge on any atom is 0.254 e. The van der Waals surface area contributed by atoms with Crippen molar-refractivity contribution >= 4 is 5.91 Å². The van der Waals surface area contributed by atoms with Crippen molar-refractivity contribution in [3.63, 3.8) is 0 Å². The molecule has 0 aliphatic heterocycles. The van der Waals surface area contributed by atoms with E-state index >= 15 is 0 Å². The number of carbonyl (C=O) groups excluding carboxylic acids is 1. The van der Waals surface area contributed by atoms with Gasteiger partial charge in [0.1, 0.15) is 0 Å². The number of hydrogen-bond donors (Lipinski definition) is 1. The van der Waals surface area contributed by atoms with Crippen molar-refractivity contribution < 1.29 is 4.79 Å². The standard InChI is InChI=1S/C17H23N3O/c1-4-16-15(17(21)18-10-13(2)3)11-19-20(16)12-14-8-6-5-7-9-14/h5-9,11,13H,4,10,12H2,1-3H3,(H,18,21). The second kappa shape index (κ2) is 7.07. The van der Waals surface area contributed by atoms with Gasteiger partial charge in [-0.1, -0.05) is 51.1 Å². The molecule has 1 aromatic heterocycles. The lowest BCUT2D eigenvalue weighted by atomic mass is 10.1. The molecular formula is C17H23N3O. The van der Waals surface area contributed by atoms with Gasteiger partial charge < -0.3 is 5.32 Å². The highest BCUT2D eigenvalue weighted by atomic mass is 16.1. The van der Waals surface area contributed by atoms with Crippen LogP contribution in [-0.4, -0.2) is 22.2 Å². The molecule has 0 unspecified atom stereocenters. The van der Waals surface area contributed by atoms with Crippen LogP contribution in [0, 0.1) is 5.92 Å². The molecule has 0 atom stereocenters. The number of aromatic nitrogens is 2. The van der Waals surface area contributed by atoms with Gasteiger partial charge in [-0.3, -0.25) is 9.48 Å². The molecule has 0 saturated heterocycles. The van der Waals surface area contributed by atoms with Gasteiger partial charge in [0, 0.05) is 6.54 Å². The van der Waals surface area contributed by atoms with E-state index in [0.29, 0.717) is 24.6 Å². The van der Waals surface area contributed by atoms with Gasteiger partial charge in [0.25, 0.3) is 5.91 Å². The van der Waals surface area contributed by atoms with Crippen molar-refractivity contribution in [3.05, 3.63) is 53.3 Å². The number of benzene rings is 1. The summed E-state index contributed by atoms with van der Waals surface area (Å²) < 4.78 is 1.92. The number of rotatable bonds is 6. The molecule has 112 valence electrons. The van der Waals surface area contributed by atoms with E-state index in [9.17, 15) is 4.79 Å². The number of hydrogen-bond acceptors (Lipinski definition) is 2. The van der Waals surface area contributed by atoms with Crippen LogP contribution in [0.15, 0.2) is 36.5 Å². The summed E-state index contributed by atoms with van der Waals surface area (Å²) in [5.41, 5.74) is 2.86. The average molecular weight is 285 g/mol. The fraction of sp³-hybridized carbons (Fsp3) is 0.412. The summed E-state index contributed by atoms with van der Waals surface area (Å²) in [6, 6.07) is 10.2. The van der Waals surface area contributed by atoms with Crippen LogP contribution < -0.4 is 5.32 Å². The van der Waals surface area contributed by atoms with Crippen LogP contribution in [0.3, 0.4) is 0 Å². The van der Waals surface area contributed by atoms with E-state index in [4.69, 9.17) is 0 Å². The van der Waals surface area contributed by atoms with Gasteiger partial charge >= 0.3 is 0 Å². The zero-order chi connectivity index (χ0) is 15.2. The molecular weight excluding hydrogens is 262 g/mol. The van der Waals surface area contributed by atoms with Crippen molar-refractivity contribution in [2.24, 2.45) is 5.92 Å². The highest BCUT2D eigenvalue weighted by Crippen LogP contribution is 2.12. The van der Waals surface area contributed by atoms with Gasteiger partial charge in [-0.05, 0) is 17.9 Å². The van der Waals surface area contributed by atoms with Crippen LogP contribution in [0.25, 0.3) is 0 Å². The van der Waals surface area contributed by atoms with Gasteiger partial charge in [-0.25, -0.2) is 0 Å². The Labute approximate surface area is 126 Å². The Morgan fingerprint density at radius 1 is 1.29 bits per heavy atom. The van der Waals surface area contributed by atoms with E-state index in [1.54, 1.807) is 6.20 Å². The van der Waals surface area contributed by atoms with E-state index in [1.165, 1.54) is 5.56 Å². The molecule has 0 fully saturated rings. The first-order valence-corrected chi connectivity index (χ1v) is 7.48. The lowest BCUT2D eigenvalue weighted by molar-refractivity contribution is 0.0948. The predicted molar refractivity (Wildman–Crippen MR) is 84.3 cm³/mol. The zero-order valence-corrected chi connectivity index (χ0v) is 13.0. The van der Waals surface area contributed by atoms with Crippen molar-refractivity contribution in [1.29, 1.82) is 0 Å². The van der Waals surface area contributed by atoms with Crippen LogP contribution in [0.4, 0.5) is 0 Å². The molecule has 0 aliphatic rings. The van der Waals surface area contributed by atoms with Crippen molar-refractivity contribution in [2.45, 2.75) is 33.7 Å². The summed E-state index contributed by atoms with van der Waals surface area (Å²) in [4.78, 5) is 12.2. The Kier molecular flexibility index (Phi) is 5.14. The quantitative estimate of drug-likeness (QED) is 0.887. The van der Waals surface area contributed by atoms with E-state index in [2.05, 4.69) is 43.3 Å². The molecule has 4 nitrogen and oxygen atoms in total. The molecule has 2 rings (SSSR count). The molecule has 4 heteroatoms. The summed E-state index contributed by atoms with van der Waals surface area (Å²) in [7, 11) is 0. The topological polar surface area (TPSA) is 46.9 Å². The molecule has 1 aromatic carbocycles. The molecule has 1 N–H and O–H groups in total. The smallest absolute Gasteiger partial charge is 0.254 e. The first-order valence-electron chi connectivity index (χ1n) is 7.48. The average Bonchev–Trinajstić information content (AvgIpc) is 2.88. The first-order chi connectivity index (χ1) is 10.1. The summed E-state index contributed by atoms with van der Waals surface area (Å²) in [5, 5.41) is 7.34. The molecule has 0 saturated carbocycles.